The molecular formula is C23H24N6O3S2. The van der Waals surface area contributed by atoms with Crippen LogP contribution in [-0.2, 0) is 6.54 Å². The molecule has 1 fully saturated rings. The van der Waals surface area contributed by atoms with Gasteiger partial charge in [-0.05, 0) is 42.6 Å². The van der Waals surface area contributed by atoms with E-state index in [9.17, 15) is 9.59 Å². The van der Waals surface area contributed by atoms with Crippen LogP contribution in [0.4, 0.5) is 10.5 Å². The molecule has 176 valence electrons. The van der Waals surface area contributed by atoms with Gasteiger partial charge in [0.2, 0.25) is 4.96 Å². The van der Waals surface area contributed by atoms with Crippen LogP contribution >= 0.6 is 22.7 Å². The fraction of sp³-hybridized carbons (Fsp3) is 0.304. The summed E-state index contributed by atoms with van der Waals surface area (Å²) in [5.41, 5.74) is 1.28. The molecule has 1 aliphatic rings. The van der Waals surface area contributed by atoms with Gasteiger partial charge in [0, 0.05) is 44.5 Å². The van der Waals surface area contributed by atoms with Crippen molar-refractivity contribution in [3.05, 3.63) is 63.9 Å². The summed E-state index contributed by atoms with van der Waals surface area (Å²) in [6, 6.07) is 12.7. The summed E-state index contributed by atoms with van der Waals surface area (Å²) in [6.45, 7) is 5.73. The lowest BCUT2D eigenvalue weighted by atomic mass is 10.3. The number of carbonyl (C=O) groups excluding carboxylic acids is 1. The van der Waals surface area contributed by atoms with Gasteiger partial charge in [-0.25, -0.2) is 9.78 Å². The SMILES string of the molecule is CCOc1ccc(NC(=O)N2CCN(Cc3cc(=O)n4nc(-c5cccs5)sc4n3)CC2)cc1. The molecule has 0 spiro atoms. The topological polar surface area (TPSA) is 92.1 Å². The zero-order chi connectivity index (χ0) is 23.5. The molecule has 0 saturated carbocycles. The number of ether oxygens (including phenoxy) is 1. The van der Waals surface area contributed by atoms with Gasteiger partial charge in [-0.1, -0.05) is 17.4 Å². The second-order valence-corrected chi connectivity index (χ2v) is 9.72. The molecule has 4 heterocycles. The molecule has 9 nitrogen and oxygen atoms in total. The quantitative estimate of drug-likeness (QED) is 0.438. The van der Waals surface area contributed by atoms with Gasteiger partial charge in [-0.2, -0.15) is 9.61 Å². The molecule has 2 amide bonds. The number of rotatable bonds is 6. The molecule has 5 rings (SSSR count). The molecule has 1 aliphatic heterocycles. The van der Waals surface area contributed by atoms with Gasteiger partial charge in [0.1, 0.15) is 5.75 Å². The maximum absolute atomic E-state index is 12.6. The lowest BCUT2D eigenvalue weighted by Gasteiger charge is -2.34. The molecule has 1 saturated heterocycles. The molecule has 0 radical (unpaired) electrons. The summed E-state index contributed by atoms with van der Waals surface area (Å²) in [4.78, 5) is 35.5. The number of carbonyl (C=O) groups is 1. The Morgan fingerprint density at radius 1 is 1.15 bits per heavy atom. The third-order valence-electron chi connectivity index (χ3n) is 5.49. The minimum atomic E-state index is -0.174. The van der Waals surface area contributed by atoms with Crippen molar-refractivity contribution >= 4 is 39.4 Å². The number of piperazine rings is 1. The Hall–Kier alpha value is -3.28. The van der Waals surface area contributed by atoms with Crippen LogP contribution in [-0.4, -0.2) is 63.2 Å². The van der Waals surface area contributed by atoms with Gasteiger partial charge < -0.3 is 15.0 Å². The maximum atomic E-state index is 12.6. The van der Waals surface area contributed by atoms with Crippen LogP contribution < -0.4 is 15.6 Å². The average Bonchev–Trinajstić information content (AvgIpc) is 3.51. The average molecular weight is 497 g/mol. The highest BCUT2D eigenvalue weighted by Crippen LogP contribution is 2.28. The number of fused-ring (bicyclic) bond motifs is 1. The number of aromatic nitrogens is 3. The van der Waals surface area contributed by atoms with Gasteiger partial charge in [0.05, 0.1) is 17.2 Å². The number of thiophene rings is 1. The summed E-state index contributed by atoms with van der Waals surface area (Å²) in [7, 11) is 0. The van der Waals surface area contributed by atoms with Gasteiger partial charge in [-0.3, -0.25) is 9.69 Å². The first-order valence-electron chi connectivity index (χ1n) is 11.0. The highest BCUT2D eigenvalue weighted by Gasteiger charge is 2.22. The largest absolute Gasteiger partial charge is 0.494 e. The smallest absolute Gasteiger partial charge is 0.321 e. The van der Waals surface area contributed by atoms with Crippen molar-refractivity contribution in [3.8, 4) is 15.6 Å². The van der Waals surface area contributed by atoms with E-state index in [1.807, 2.05) is 48.7 Å². The van der Waals surface area contributed by atoms with Crippen LogP contribution in [0.15, 0.2) is 52.6 Å². The zero-order valence-corrected chi connectivity index (χ0v) is 20.3. The molecule has 11 heteroatoms. The molecule has 4 aromatic rings. The number of anilines is 1. The predicted octanol–water partition coefficient (Wildman–Crippen LogP) is 3.63. The van der Waals surface area contributed by atoms with Gasteiger partial charge in [-0.15, -0.1) is 11.3 Å². The lowest BCUT2D eigenvalue weighted by Crippen LogP contribution is -2.49. The molecular weight excluding hydrogens is 472 g/mol. The number of urea groups is 1. The van der Waals surface area contributed by atoms with Crippen molar-refractivity contribution in [2.24, 2.45) is 0 Å². The molecule has 0 aliphatic carbocycles. The summed E-state index contributed by atoms with van der Waals surface area (Å²) < 4.78 is 6.80. The van der Waals surface area contributed by atoms with E-state index in [0.29, 0.717) is 44.3 Å². The van der Waals surface area contributed by atoms with Gasteiger partial charge in [0.25, 0.3) is 5.56 Å². The number of nitrogens with one attached hydrogen (secondary N) is 1. The summed E-state index contributed by atoms with van der Waals surface area (Å²) in [6.07, 6.45) is 0. The van der Waals surface area contributed by atoms with E-state index in [-0.39, 0.29) is 11.6 Å². The third-order valence-corrected chi connectivity index (χ3v) is 7.44. The number of hydrogen-bond donors (Lipinski definition) is 1. The highest BCUT2D eigenvalue weighted by atomic mass is 32.1. The number of hydrogen-bond acceptors (Lipinski definition) is 8. The lowest BCUT2D eigenvalue weighted by molar-refractivity contribution is 0.142. The van der Waals surface area contributed by atoms with Crippen LogP contribution in [0.5, 0.6) is 5.75 Å². The highest BCUT2D eigenvalue weighted by molar-refractivity contribution is 7.23. The van der Waals surface area contributed by atoms with Gasteiger partial charge >= 0.3 is 6.03 Å². The Morgan fingerprint density at radius 3 is 2.65 bits per heavy atom. The Bertz CT molecular complexity index is 1330. The second kappa shape index (κ2) is 9.92. The first-order chi connectivity index (χ1) is 16.6. The van der Waals surface area contributed by atoms with Crippen molar-refractivity contribution in [3.63, 3.8) is 0 Å². The van der Waals surface area contributed by atoms with E-state index in [0.717, 1.165) is 27.0 Å². The van der Waals surface area contributed by atoms with E-state index >= 15 is 0 Å². The Balaban J connectivity index is 1.18. The Labute approximate surface area is 204 Å². The van der Waals surface area contributed by atoms with E-state index < -0.39 is 0 Å². The molecule has 0 bridgehead atoms. The van der Waals surface area contributed by atoms with E-state index in [4.69, 9.17) is 4.74 Å². The Kier molecular flexibility index (Phi) is 6.57. The van der Waals surface area contributed by atoms with Crippen LogP contribution in [0.1, 0.15) is 12.6 Å². The minimum Gasteiger partial charge on any atom is -0.494 e. The van der Waals surface area contributed by atoms with Crippen molar-refractivity contribution in [2.75, 3.05) is 38.1 Å². The van der Waals surface area contributed by atoms with Crippen molar-refractivity contribution in [2.45, 2.75) is 13.5 Å². The molecule has 0 unspecified atom stereocenters. The summed E-state index contributed by atoms with van der Waals surface area (Å²) >= 11 is 3.01. The second-order valence-electron chi connectivity index (χ2n) is 7.82. The summed E-state index contributed by atoms with van der Waals surface area (Å²) in [5.74, 6) is 0.779. The minimum absolute atomic E-state index is 0.118. The van der Waals surface area contributed by atoms with E-state index in [1.165, 1.54) is 15.9 Å². The van der Waals surface area contributed by atoms with Crippen molar-refractivity contribution in [1.29, 1.82) is 0 Å². The normalized spacial score (nSPS) is 14.4. The fourth-order valence-corrected chi connectivity index (χ4v) is 5.49. The van der Waals surface area contributed by atoms with E-state index in [1.54, 1.807) is 22.3 Å². The number of amides is 2. The number of nitrogens with zero attached hydrogens (tertiary/aromatic N) is 5. The van der Waals surface area contributed by atoms with Crippen molar-refractivity contribution < 1.29 is 9.53 Å². The van der Waals surface area contributed by atoms with Crippen molar-refractivity contribution in [1.82, 2.24) is 24.4 Å². The maximum Gasteiger partial charge on any atom is 0.321 e. The zero-order valence-electron chi connectivity index (χ0n) is 18.6. The van der Waals surface area contributed by atoms with Gasteiger partial charge in [0.15, 0.2) is 5.01 Å². The predicted molar refractivity (Wildman–Crippen MR) is 134 cm³/mol. The Morgan fingerprint density at radius 2 is 1.94 bits per heavy atom. The van der Waals surface area contributed by atoms with Crippen LogP contribution in [0.25, 0.3) is 14.8 Å². The fourth-order valence-electron chi connectivity index (χ4n) is 3.78. The summed E-state index contributed by atoms with van der Waals surface area (Å²) in [5, 5.41) is 10.1. The molecule has 0 atom stereocenters. The molecule has 1 aromatic carbocycles. The molecule has 34 heavy (non-hydrogen) atoms. The number of benzene rings is 1. The van der Waals surface area contributed by atoms with E-state index in [2.05, 4.69) is 20.3 Å². The molecule has 3 aromatic heterocycles. The monoisotopic (exact) mass is 496 g/mol. The van der Waals surface area contributed by atoms with Crippen LogP contribution in [0.3, 0.4) is 0 Å². The van der Waals surface area contributed by atoms with Crippen LogP contribution in [0, 0.1) is 0 Å². The first kappa shape index (κ1) is 22.5. The molecule has 1 N–H and O–H groups in total. The van der Waals surface area contributed by atoms with Crippen LogP contribution in [0.2, 0.25) is 0 Å². The third kappa shape index (κ3) is 4.96. The first-order valence-corrected chi connectivity index (χ1v) is 12.7. The standard InChI is InChI=1S/C23H24N6O3S2/c1-2-32-18-7-5-16(6-8-18)24-22(31)28-11-9-27(10-12-28)15-17-14-20(30)29-23(25-17)34-21(26-29)19-4-3-13-33-19/h3-8,13-14H,2,9-12,15H2,1H3,(H,24,31).